The third-order valence-electron chi connectivity index (χ3n) is 36.1. The van der Waals surface area contributed by atoms with Gasteiger partial charge in [-0.05, 0) is 240 Å². The third kappa shape index (κ3) is 30.1. The summed E-state index contributed by atoms with van der Waals surface area (Å²) in [6, 6.07) is 21.4. The Hall–Kier alpha value is -2.64. The van der Waals surface area contributed by atoms with E-state index in [0.29, 0.717) is 67.8 Å². The van der Waals surface area contributed by atoms with Gasteiger partial charge in [0.15, 0.2) is 28.2 Å². The third-order valence-corrected chi connectivity index (χ3v) is 45.1. The Bertz CT molecular complexity index is 4660. The molecule has 39 atom stereocenters. The van der Waals surface area contributed by atoms with E-state index in [4.69, 9.17) is 116 Å². The number of rotatable bonds is 22. The van der Waals surface area contributed by atoms with Crippen LogP contribution in [0.1, 0.15) is 295 Å². The molecule has 0 saturated carbocycles. The van der Waals surface area contributed by atoms with Crippen LogP contribution in [0, 0.1) is 47.3 Å². The van der Waals surface area contributed by atoms with Crippen LogP contribution in [-0.2, 0) is 133 Å². The Morgan fingerprint density at radius 3 is 1.61 bits per heavy atom. The minimum Gasteiger partial charge on any atom is -0.850 e. The van der Waals surface area contributed by atoms with Crippen LogP contribution in [0.25, 0.3) is 0 Å². The van der Waals surface area contributed by atoms with Crippen molar-refractivity contribution in [1.29, 1.82) is 0 Å². The van der Waals surface area contributed by atoms with E-state index in [1.165, 1.54) is 35.1 Å². The molecular formula is C115H177KO27S2Si2. The van der Waals surface area contributed by atoms with Gasteiger partial charge in [-0.1, -0.05) is 198 Å². The SMILES string of the molecule is C1CCOC1.C=C1C[C@@H]2CC[C@@]34CC5O[C@H]6[C@@H](O3)[C@H]3O[C@H](CC[C@@H]3O[C@H]6[C@H]5O4)CC(=O)C(c3ccccc3)[C@@H]3[C@@H](C)[C@@H](C[C@H](C)CO[Si](C)(C)C(C)(C)C)O[C@H]3CC3O[C@@H](CCC1O2)C[C@@H](C)C3=C.C=C1C[C@H](CC[C@@]23CC4O[C@H]5[C@@H](O2)[C@H]2O[C@@H](CC)CC[C@@H]2O[C@H]5[C@H]4O3)OC1CC[C@H]1C[C@@H](C)C(=C)C(C[C@@H]2O[C@H](C[C@H](C)CO[Si](C)(C)C(C)(C)C)[C@H](C)[C@H]2Cc2ccccc2)O1.CC(C)(C)[O-].O=C=O.O=S=O.O=S=O.[K+]. The van der Waals surface area contributed by atoms with Crippen molar-refractivity contribution in [2.24, 2.45) is 47.3 Å². The number of ether oxygens (including phenoxy) is 17. The first-order valence-electron chi connectivity index (χ1n) is 55.5. The number of hydrogen-bond acceptors (Lipinski definition) is 27. The van der Waals surface area contributed by atoms with Gasteiger partial charge < -0.3 is 94.5 Å². The summed E-state index contributed by atoms with van der Waals surface area (Å²) < 4.78 is 162. The van der Waals surface area contributed by atoms with Crippen LogP contribution in [0.3, 0.4) is 0 Å². The molecule has 20 fully saturated rings. The molecular weight excluding hydrogens is 1970 g/mol. The summed E-state index contributed by atoms with van der Waals surface area (Å²) >= 11 is -1.50. The van der Waals surface area contributed by atoms with Crippen molar-refractivity contribution in [3.05, 3.63) is 120 Å². The molecule has 1 spiro atoms. The number of carbonyl (C=O) groups is 1. The molecule has 32 heteroatoms. The maximum Gasteiger partial charge on any atom is 1.00 e. The van der Waals surface area contributed by atoms with E-state index in [1.54, 1.807) is 20.8 Å². The second-order valence-electron chi connectivity index (χ2n) is 50.1. The first-order valence-corrected chi connectivity index (χ1v) is 62.6. The summed E-state index contributed by atoms with van der Waals surface area (Å²) in [6.45, 7) is 66.2. The van der Waals surface area contributed by atoms with Crippen LogP contribution in [0.2, 0.25) is 36.3 Å². The van der Waals surface area contributed by atoms with E-state index in [2.05, 4.69) is 197 Å². The zero-order chi connectivity index (χ0) is 105. The van der Waals surface area contributed by atoms with Crippen molar-refractivity contribution in [2.75, 3.05) is 26.4 Å². The van der Waals surface area contributed by atoms with Crippen LogP contribution < -0.4 is 56.5 Å². The number of Topliss-reactive ketones (excluding diaryl/α,β-unsaturated/α-hetero) is 1. The fraction of sp³-hybridized carbons (Fsp3) is 0.809. The molecule has 20 saturated heterocycles. The molecule has 2 aromatic rings. The molecule has 820 valence electrons. The molecule has 22 rings (SSSR count). The second kappa shape index (κ2) is 52.9. The average molecular weight is 2150 g/mol. The Labute approximate surface area is 929 Å². The molecule has 0 amide bonds. The molecule has 20 heterocycles. The van der Waals surface area contributed by atoms with Gasteiger partial charge in [0.1, 0.15) is 66.8 Å². The molecule has 0 aromatic heterocycles. The van der Waals surface area contributed by atoms with E-state index >= 15 is 4.79 Å². The molecule has 27 nitrogen and oxygen atoms in total. The summed E-state index contributed by atoms with van der Waals surface area (Å²) in [7, 11) is -3.75. The van der Waals surface area contributed by atoms with E-state index in [9.17, 15) is 5.11 Å². The summed E-state index contributed by atoms with van der Waals surface area (Å²) in [5.41, 5.74) is 6.38. The minimum absolute atomic E-state index is 0. The maximum absolute atomic E-state index is 15.4. The Morgan fingerprint density at radius 1 is 0.497 bits per heavy atom. The van der Waals surface area contributed by atoms with E-state index in [0.717, 1.165) is 166 Å². The zero-order valence-electron chi connectivity index (χ0n) is 92.2. The maximum atomic E-state index is 15.4. The van der Waals surface area contributed by atoms with E-state index in [-0.39, 0.29) is 262 Å². The quantitative estimate of drug-likeness (QED) is 0.0781. The van der Waals surface area contributed by atoms with Crippen LogP contribution in [0.15, 0.2) is 109 Å². The van der Waals surface area contributed by atoms with Gasteiger partial charge in [-0.2, -0.15) is 26.4 Å². The van der Waals surface area contributed by atoms with Gasteiger partial charge >= 0.3 is 80.7 Å². The van der Waals surface area contributed by atoms with Crippen molar-refractivity contribution in [2.45, 2.75) is 514 Å². The fourth-order valence-corrected chi connectivity index (χ4v) is 28.3. The van der Waals surface area contributed by atoms with Gasteiger partial charge in [0.2, 0.25) is 0 Å². The Kier molecular flexibility index (Phi) is 43.7. The second-order valence-corrected chi connectivity index (χ2v) is 60.0. The van der Waals surface area contributed by atoms with Gasteiger partial charge in [-0.15, -0.1) is 5.60 Å². The number of carbonyl (C=O) groups excluding carboxylic acids is 3. The molecule has 147 heavy (non-hydrogen) atoms. The average Bonchev–Trinajstić information content (AvgIpc) is 1.55. The first-order chi connectivity index (χ1) is 69.2. The predicted octanol–water partition coefficient (Wildman–Crippen LogP) is 16.5. The van der Waals surface area contributed by atoms with Gasteiger partial charge in [-0.3, -0.25) is 4.79 Å². The number of hydrogen-bond donors (Lipinski definition) is 0. The number of fused-ring (bicyclic) bond motifs is 7. The van der Waals surface area contributed by atoms with Gasteiger partial charge in [-0.25, -0.2) is 0 Å². The summed E-state index contributed by atoms with van der Waals surface area (Å²) in [5.74, 6) is 0.657. The van der Waals surface area contributed by atoms with Gasteiger partial charge in [0, 0.05) is 83.2 Å². The largest absolute Gasteiger partial charge is 1.00 e. The Morgan fingerprint density at radius 2 is 1.01 bits per heavy atom. The summed E-state index contributed by atoms with van der Waals surface area (Å²) in [5, 5.41) is 10.4. The molecule has 0 N–H and O–H groups in total. The molecule has 0 radical (unpaired) electrons. The van der Waals surface area contributed by atoms with Gasteiger partial charge in [0.25, 0.3) is 0 Å². The number of ketones is 1. The van der Waals surface area contributed by atoms with Crippen molar-refractivity contribution >= 4 is 51.7 Å². The van der Waals surface area contributed by atoms with Crippen LogP contribution >= 0.6 is 0 Å². The number of benzene rings is 2. The van der Waals surface area contributed by atoms with Crippen LogP contribution in [0.4, 0.5) is 0 Å². The molecule has 2 aromatic carbocycles. The first kappa shape index (κ1) is 121. The molecule has 20 aliphatic heterocycles. The topological polar surface area (TPSA) is 318 Å². The van der Waals surface area contributed by atoms with Crippen LogP contribution in [0.5, 0.6) is 0 Å². The van der Waals surface area contributed by atoms with Crippen LogP contribution in [-0.4, -0.2) is 260 Å². The van der Waals surface area contributed by atoms with E-state index in [1.807, 2.05) is 6.07 Å². The summed E-state index contributed by atoms with van der Waals surface area (Å²) in [6.07, 6.45) is 22.2. The monoisotopic (exact) mass is 2150 g/mol. The normalized spacial score (nSPS) is 40.5. The molecule has 7 unspecified atom stereocenters. The summed E-state index contributed by atoms with van der Waals surface area (Å²) in [4.78, 5) is 31.7. The van der Waals surface area contributed by atoms with Crippen molar-refractivity contribution in [3.63, 3.8) is 0 Å². The fourth-order valence-electron chi connectivity index (χ4n) is 26.0. The standard InChI is InChI=1S/C53H78O10Si.C53H82O9Si.C4H8O.C4H9O.CO2.K.2O2S/c1-29(28-55-64(9,10)52(6,7)8)22-41-33(5)45-43(59-41)26-42-32(4)30(2)23-35(57-42)16-18-39-31(3)24-37(56-39)20-21-53-27-44-48(62-53)49-50(61-44)51(63-53)47-40(60-49)19-17-36(58-47)25-38(54)46(45)34-14-12-11-13-15-34;1-12-37-18-21-42-47(57-37)51-50-49(59-42)48-46(60-50)29-53(61-48,62-51)23-22-39-26-33(4)41(55-39)20-19-38-25-32(3)34(5)44(56-38)28-45-40(27-36-16-14-13-15-17-36)35(6)43(58-45)24-31(2)30-54-63(10,11)52(7,8)9;1-2-4-5-3-1;1-4(2,3)5;2-1-3;;2*1-3-2/h11-15,29-30,33,35-37,39-51H,3-4,16-28H2,1-2,5-10H3;13-17,31-32,35,37-51H,4-5,12,18-30H2,1-3,6-11H3;1-4H2;1-3H3;;;;/q;;;-1;;+1;;/t29-,30+,33-,35-,36+,37-,39?,40-,41+,42?,43-,44?,45+,46?,47-,48-,49-,50+,51-,53-;31-,32+,35+,37-,38-,39-,40+,41?,42-,43+,44?,45-,46?,47-,48-,49-,50+,51-,53-;;;;;;/m00....../s1. The van der Waals surface area contributed by atoms with Crippen molar-refractivity contribution < 1.29 is 177 Å². The minimum atomic E-state index is -1.93. The van der Waals surface area contributed by atoms with Crippen molar-refractivity contribution in [1.82, 2.24) is 0 Å². The molecule has 18 bridgehead atoms. The molecule has 0 aliphatic carbocycles. The van der Waals surface area contributed by atoms with Gasteiger partial charge in [0.05, 0.1) is 110 Å². The molecule has 20 aliphatic rings. The zero-order valence-corrected chi connectivity index (χ0v) is 99.0. The smallest absolute Gasteiger partial charge is 0.850 e. The van der Waals surface area contributed by atoms with Crippen molar-refractivity contribution in [3.8, 4) is 0 Å². The van der Waals surface area contributed by atoms with E-state index < -0.39 is 57.0 Å². The predicted molar refractivity (Wildman–Crippen MR) is 557 cm³/mol. The Balaban J connectivity index is 0.000000208.